The summed E-state index contributed by atoms with van der Waals surface area (Å²) in [4.78, 5) is 0. The van der Waals surface area contributed by atoms with Crippen molar-refractivity contribution in [1.82, 2.24) is 0 Å². The minimum atomic E-state index is 0. The lowest BCUT2D eigenvalue weighted by Gasteiger charge is -1.07. The van der Waals surface area contributed by atoms with Gasteiger partial charge in [-0.2, -0.15) is 0 Å². The zero-order chi connectivity index (χ0) is 8.00. The number of terminal acetylenes is 2. The number of hydrogen-bond donors (Lipinski definition) is 0. The maximum absolute atomic E-state index is 4.00. The Kier molecular flexibility index (Phi) is 1650. The fraction of sp³-hybridized carbons (Fsp3) is 0.250. The maximum Gasteiger partial charge on any atom is -0.0683 e. The molecule has 0 spiro atoms. The molecule has 0 bridgehead atoms. The predicted octanol–water partition coefficient (Wildman–Crippen LogP) is 0.678. The highest BCUT2D eigenvalue weighted by Crippen LogP contribution is 1.14. The van der Waals surface area contributed by atoms with Gasteiger partial charge in [0.15, 0.2) is 0 Å². The quantitative estimate of drug-likeness (QED) is 0.356. The van der Waals surface area contributed by atoms with Gasteiger partial charge in [-0.05, 0) is 0 Å². The standard InChI is InChI=1S/C2H6.C2H4.2C2H2.2H2O/c4*1-2;;/h1-2H3;1-2H2;2*1-2H;2*1H2. The van der Waals surface area contributed by atoms with Crippen LogP contribution in [0, 0.1) is 25.7 Å². The first-order chi connectivity index (χ1) is 4.00. The Bertz CT molecular complexity index is 31.0. The van der Waals surface area contributed by atoms with Crippen LogP contribution in [-0.2, 0) is 0 Å². The molecule has 0 atom stereocenters. The van der Waals surface area contributed by atoms with Gasteiger partial charge in [-0.1, -0.05) is 13.8 Å². The smallest absolute Gasteiger partial charge is 0.0683 e. The Hall–Kier alpha value is -1.22. The zero-order valence-corrected chi connectivity index (χ0v) is 6.72. The van der Waals surface area contributed by atoms with Crippen LogP contribution in [0.2, 0.25) is 0 Å². The lowest BCUT2D eigenvalue weighted by molar-refractivity contribution is 0.823. The molecule has 0 unspecified atom stereocenters. The van der Waals surface area contributed by atoms with Crippen molar-refractivity contribution in [3.8, 4) is 25.7 Å². The minimum Gasteiger partial charge on any atom is -0.412 e. The van der Waals surface area contributed by atoms with Gasteiger partial charge < -0.3 is 11.0 Å². The summed E-state index contributed by atoms with van der Waals surface area (Å²) in [5.41, 5.74) is 0. The van der Waals surface area contributed by atoms with Crippen LogP contribution in [-0.4, -0.2) is 11.0 Å². The lowest BCUT2D eigenvalue weighted by Crippen LogP contribution is -0.856. The van der Waals surface area contributed by atoms with Crippen LogP contribution < -0.4 is 0 Å². The minimum absolute atomic E-state index is 0. The van der Waals surface area contributed by atoms with E-state index in [1.807, 2.05) is 13.8 Å². The molecule has 0 aromatic heterocycles. The molecule has 0 aliphatic heterocycles. The normalized spacial score (nSPS) is 1.40. The third-order valence-electron chi connectivity index (χ3n) is 0. The molecule has 0 aromatic carbocycles. The Morgan fingerprint density at radius 3 is 0.700 bits per heavy atom. The summed E-state index contributed by atoms with van der Waals surface area (Å²) >= 11 is 0. The van der Waals surface area contributed by atoms with Crippen molar-refractivity contribution in [1.29, 1.82) is 0 Å². The fourth-order valence-electron chi connectivity index (χ4n) is 0. The molecule has 10 heavy (non-hydrogen) atoms. The molecule has 0 aromatic rings. The molecule has 0 rings (SSSR count). The summed E-state index contributed by atoms with van der Waals surface area (Å²) < 4.78 is 0. The molecule has 62 valence electrons. The van der Waals surface area contributed by atoms with Gasteiger partial charge in [0, 0.05) is 0 Å². The summed E-state index contributed by atoms with van der Waals surface area (Å²) in [7, 11) is 0. The molecule has 0 aliphatic carbocycles. The van der Waals surface area contributed by atoms with E-state index in [2.05, 4.69) is 38.9 Å². The molecule has 0 fully saturated rings. The summed E-state index contributed by atoms with van der Waals surface area (Å²) in [5.74, 6) is 0. The molecular formula is C8H18O2. The zero-order valence-electron chi connectivity index (χ0n) is 6.72. The molecule has 2 nitrogen and oxygen atoms in total. The summed E-state index contributed by atoms with van der Waals surface area (Å²) in [5, 5.41) is 0. The molecule has 0 heterocycles. The second kappa shape index (κ2) is 240. The van der Waals surface area contributed by atoms with Gasteiger partial charge in [0.2, 0.25) is 0 Å². The van der Waals surface area contributed by atoms with Gasteiger partial charge in [-0.3, -0.25) is 0 Å². The van der Waals surface area contributed by atoms with Crippen LogP contribution in [0.15, 0.2) is 13.2 Å². The molecule has 0 saturated heterocycles. The average molecular weight is 146 g/mol. The Morgan fingerprint density at radius 2 is 0.700 bits per heavy atom. The second-order valence-corrected chi connectivity index (χ2v) is 0. The van der Waals surface area contributed by atoms with Crippen molar-refractivity contribution in [2.75, 3.05) is 0 Å². The van der Waals surface area contributed by atoms with E-state index in [-0.39, 0.29) is 11.0 Å². The largest absolute Gasteiger partial charge is 0.412 e. The van der Waals surface area contributed by atoms with Crippen LogP contribution in [0.25, 0.3) is 0 Å². The van der Waals surface area contributed by atoms with Crippen molar-refractivity contribution < 1.29 is 11.0 Å². The predicted molar refractivity (Wildman–Crippen MR) is 49.6 cm³/mol. The highest BCUT2D eigenvalue weighted by atomic mass is 16.0. The van der Waals surface area contributed by atoms with Crippen LogP contribution in [0.3, 0.4) is 0 Å². The first-order valence-corrected chi connectivity index (χ1v) is 2.17. The van der Waals surface area contributed by atoms with E-state index in [0.717, 1.165) is 0 Å². The number of rotatable bonds is 0. The molecule has 0 aliphatic rings. The SMILES string of the molecule is C#C.C#C.C=C.CC.O.O. The molecule has 2 heteroatoms. The van der Waals surface area contributed by atoms with Gasteiger partial charge in [0.1, 0.15) is 0 Å². The monoisotopic (exact) mass is 146 g/mol. The van der Waals surface area contributed by atoms with Gasteiger partial charge in [0.05, 0.1) is 0 Å². The molecule has 0 radical (unpaired) electrons. The topological polar surface area (TPSA) is 63.0 Å². The van der Waals surface area contributed by atoms with E-state index in [1.54, 1.807) is 0 Å². The van der Waals surface area contributed by atoms with E-state index >= 15 is 0 Å². The fourth-order valence-corrected chi connectivity index (χ4v) is 0. The first kappa shape index (κ1) is 68.8. The van der Waals surface area contributed by atoms with E-state index in [0.29, 0.717) is 0 Å². The molecular weight excluding hydrogens is 128 g/mol. The van der Waals surface area contributed by atoms with E-state index < -0.39 is 0 Å². The third kappa shape index (κ3) is 152. The lowest BCUT2D eigenvalue weighted by atomic mass is 11.0. The van der Waals surface area contributed by atoms with Crippen LogP contribution >= 0.6 is 0 Å². The van der Waals surface area contributed by atoms with Gasteiger partial charge >= 0.3 is 0 Å². The highest BCUT2D eigenvalue weighted by molar-refractivity contribution is 4.47. The maximum atomic E-state index is 4.00. The van der Waals surface area contributed by atoms with Crippen molar-refractivity contribution >= 4 is 0 Å². The number of hydrogen-bond acceptors (Lipinski definition) is 0. The third-order valence-corrected chi connectivity index (χ3v) is 0. The molecule has 0 saturated carbocycles. The van der Waals surface area contributed by atoms with Crippen LogP contribution in [0.5, 0.6) is 0 Å². The molecule has 0 amide bonds. The van der Waals surface area contributed by atoms with Crippen molar-refractivity contribution in [2.45, 2.75) is 13.8 Å². The highest BCUT2D eigenvalue weighted by Gasteiger charge is 0.932. The second-order valence-electron chi connectivity index (χ2n) is 0. The van der Waals surface area contributed by atoms with E-state index in [4.69, 9.17) is 0 Å². The summed E-state index contributed by atoms with van der Waals surface area (Å²) in [6.45, 7) is 10.0. The van der Waals surface area contributed by atoms with Crippen LogP contribution in [0.1, 0.15) is 13.8 Å². The van der Waals surface area contributed by atoms with E-state index in [1.165, 1.54) is 0 Å². The van der Waals surface area contributed by atoms with Crippen molar-refractivity contribution in [3.05, 3.63) is 13.2 Å². The first-order valence-electron chi connectivity index (χ1n) is 2.17. The van der Waals surface area contributed by atoms with Crippen molar-refractivity contribution in [3.63, 3.8) is 0 Å². The average Bonchev–Trinajstić information content (AvgIpc) is 2.03. The van der Waals surface area contributed by atoms with Crippen LogP contribution in [0.4, 0.5) is 0 Å². The Labute approximate surface area is 64.6 Å². The van der Waals surface area contributed by atoms with E-state index in [9.17, 15) is 0 Å². The van der Waals surface area contributed by atoms with Gasteiger partial charge in [-0.15, -0.1) is 38.9 Å². The van der Waals surface area contributed by atoms with Crippen molar-refractivity contribution in [2.24, 2.45) is 0 Å². The summed E-state index contributed by atoms with van der Waals surface area (Å²) in [6.07, 6.45) is 16.0. The Balaban J connectivity index is -0.00000000500. The summed E-state index contributed by atoms with van der Waals surface area (Å²) in [6, 6.07) is 0. The Morgan fingerprint density at radius 1 is 0.700 bits per heavy atom. The van der Waals surface area contributed by atoms with Gasteiger partial charge in [0.25, 0.3) is 0 Å². The molecule has 4 N–H and O–H groups in total. The van der Waals surface area contributed by atoms with Gasteiger partial charge in [-0.25, -0.2) is 0 Å².